The third kappa shape index (κ3) is 5.01. The van der Waals surface area contributed by atoms with Crippen LogP contribution in [0.15, 0.2) is 54.7 Å². The molecule has 3 N–H and O–H groups in total. The predicted octanol–water partition coefficient (Wildman–Crippen LogP) is 4.83. The first kappa shape index (κ1) is 24.4. The van der Waals surface area contributed by atoms with Gasteiger partial charge in [0.05, 0.1) is 30.3 Å². The number of aliphatic carboxylic acids is 1. The molecule has 0 aliphatic carbocycles. The highest BCUT2D eigenvalue weighted by atomic mass is 19.2. The van der Waals surface area contributed by atoms with Crippen molar-refractivity contribution in [3.8, 4) is 22.6 Å². The fourth-order valence-electron chi connectivity index (χ4n) is 3.66. The summed E-state index contributed by atoms with van der Waals surface area (Å²) in [6.45, 7) is 1.33. The van der Waals surface area contributed by atoms with Crippen molar-refractivity contribution in [1.29, 1.82) is 0 Å². The number of nitrogens with one attached hydrogen (secondary N) is 2. The molecule has 190 valence electrons. The van der Waals surface area contributed by atoms with Crippen LogP contribution in [0.4, 0.5) is 24.8 Å². The summed E-state index contributed by atoms with van der Waals surface area (Å²) in [7, 11) is 0. The van der Waals surface area contributed by atoms with Crippen LogP contribution in [-0.4, -0.2) is 44.2 Å². The lowest BCUT2D eigenvalue weighted by atomic mass is 9.92. The Bertz CT molecular complexity index is 1450. The molecule has 0 unspecified atom stereocenters. The molecular weight excluding hydrogens is 491 g/mol. The number of anilines is 2. The van der Waals surface area contributed by atoms with E-state index < -0.39 is 35.1 Å². The Hall–Kier alpha value is -4.29. The number of halogens is 3. The first-order chi connectivity index (χ1) is 17.7. The highest BCUT2D eigenvalue weighted by molar-refractivity contribution is 5.77. The van der Waals surface area contributed by atoms with E-state index >= 15 is 0 Å². The number of aromatic amines is 1. The van der Waals surface area contributed by atoms with Crippen LogP contribution in [0.25, 0.3) is 22.6 Å². The van der Waals surface area contributed by atoms with E-state index in [9.17, 15) is 23.1 Å². The first-order valence-electron chi connectivity index (χ1n) is 11.1. The largest absolute Gasteiger partial charge is 0.481 e. The van der Waals surface area contributed by atoms with Crippen molar-refractivity contribution in [2.45, 2.75) is 13.2 Å². The van der Waals surface area contributed by atoms with Crippen molar-refractivity contribution >= 4 is 17.6 Å². The van der Waals surface area contributed by atoms with Gasteiger partial charge in [0.2, 0.25) is 12.2 Å². The number of carbonyl (C=O) groups is 1. The van der Waals surface area contributed by atoms with Crippen LogP contribution in [0.1, 0.15) is 19.0 Å². The Morgan fingerprint density at radius 3 is 2.46 bits per heavy atom. The molecule has 4 aromatic rings. The average Bonchev–Trinajstić information content (AvgIpc) is 3.33. The number of carboxylic acid groups (broad SMARTS) is 1. The Balaban J connectivity index is 1.50. The maximum absolute atomic E-state index is 13.6. The van der Waals surface area contributed by atoms with E-state index in [4.69, 9.17) is 9.47 Å². The number of carboxylic acids is 1. The molecule has 3 heterocycles. The van der Waals surface area contributed by atoms with E-state index in [2.05, 4.69) is 25.3 Å². The lowest BCUT2D eigenvalue weighted by Gasteiger charge is -2.33. The molecule has 0 saturated carbocycles. The zero-order valence-electron chi connectivity index (χ0n) is 19.3. The summed E-state index contributed by atoms with van der Waals surface area (Å²) in [5.41, 5.74) is 0.829. The standard InChI is InChI=1S/C25H20F3N5O4/c1-25(23(34)35)11-36-22(37-12-25)21-32-19(13-2-4-14(26)5-3-13)20(33-21)18-8-9-29-24(31-18)30-15-6-7-16(27)17(28)10-15/h2-10,22H,11-12H2,1H3,(H,32,33)(H,34,35)(H,29,30,31). The van der Waals surface area contributed by atoms with Gasteiger partial charge in [-0.05, 0) is 49.4 Å². The number of aromatic nitrogens is 4. The second kappa shape index (κ2) is 9.64. The Morgan fingerprint density at radius 2 is 1.78 bits per heavy atom. The van der Waals surface area contributed by atoms with Crippen LogP contribution < -0.4 is 5.32 Å². The van der Waals surface area contributed by atoms with E-state index in [0.29, 0.717) is 22.6 Å². The Morgan fingerprint density at radius 1 is 1.05 bits per heavy atom. The van der Waals surface area contributed by atoms with E-state index in [1.54, 1.807) is 18.2 Å². The lowest BCUT2D eigenvalue weighted by Crippen LogP contribution is -2.42. The van der Waals surface area contributed by atoms with Gasteiger partial charge in [0, 0.05) is 23.5 Å². The molecule has 1 fully saturated rings. The zero-order chi connectivity index (χ0) is 26.2. The summed E-state index contributed by atoms with van der Waals surface area (Å²) in [4.78, 5) is 27.8. The molecule has 0 bridgehead atoms. The minimum absolute atomic E-state index is 0.0925. The normalized spacial score (nSPS) is 19.5. The quantitative estimate of drug-likeness (QED) is 0.337. The van der Waals surface area contributed by atoms with Crippen LogP contribution >= 0.6 is 0 Å². The fourth-order valence-corrected chi connectivity index (χ4v) is 3.66. The minimum Gasteiger partial charge on any atom is -0.481 e. The van der Waals surface area contributed by atoms with Gasteiger partial charge >= 0.3 is 5.97 Å². The summed E-state index contributed by atoms with van der Waals surface area (Å²) in [6.07, 6.45) is 0.493. The van der Waals surface area contributed by atoms with Crippen molar-refractivity contribution < 1.29 is 32.5 Å². The lowest BCUT2D eigenvalue weighted by molar-refractivity contribution is -0.236. The molecular formula is C25H20F3N5O4. The van der Waals surface area contributed by atoms with Crippen molar-refractivity contribution in [2.24, 2.45) is 5.41 Å². The molecule has 1 aliphatic rings. The monoisotopic (exact) mass is 511 g/mol. The van der Waals surface area contributed by atoms with Gasteiger partial charge in [-0.1, -0.05) is 0 Å². The number of rotatable bonds is 6. The second-order valence-corrected chi connectivity index (χ2v) is 8.69. The molecule has 2 aromatic heterocycles. The second-order valence-electron chi connectivity index (χ2n) is 8.69. The number of hydrogen-bond acceptors (Lipinski definition) is 7. The predicted molar refractivity (Wildman–Crippen MR) is 125 cm³/mol. The van der Waals surface area contributed by atoms with Crippen LogP contribution in [0.5, 0.6) is 0 Å². The van der Waals surface area contributed by atoms with Crippen molar-refractivity contribution in [1.82, 2.24) is 19.9 Å². The molecule has 9 nitrogen and oxygen atoms in total. The molecule has 0 atom stereocenters. The van der Waals surface area contributed by atoms with Crippen molar-refractivity contribution in [3.05, 3.63) is 78.0 Å². The molecule has 1 aliphatic heterocycles. The topological polar surface area (TPSA) is 122 Å². The summed E-state index contributed by atoms with van der Waals surface area (Å²) in [5, 5.41) is 12.2. The zero-order valence-corrected chi connectivity index (χ0v) is 19.3. The van der Waals surface area contributed by atoms with E-state index in [0.717, 1.165) is 12.1 Å². The maximum Gasteiger partial charge on any atom is 0.314 e. The molecule has 0 amide bonds. The minimum atomic E-state index is -1.20. The van der Waals surface area contributed by atoms with Gasteiger partial charge < -0.3 is 24.9 Å². The number of ether oxygens (including phenoxy) is 2. The molecule has 12 heteroatoms. The van der Waals surface area contributed by atoms with Crippen LogP contribution in [0.2, 0.25) is 0 Å². The summed E-state index contributed by atoms with van der Waals surface area (Å²) < 4.78 is 51.8. The van der Waals surface area contributed by atoms with Crippen molar-refractivity contribution in [2.75, 3.05) is 18.5 Å². The first-order valence-corrected chi connectivity index (χ1v) is 11.1. The molecule has 0 spiro atoms. The fraction of sp³-hybridized carbons (Fsp3) is 0.200. The summed E-state index contributed by atoms with van der Waals surface area (Å²) in [6, 6.07) is 10.6. The highest BCUT2D eigenvalue weighted by Crippen LogP contribution is 2.35. The number of imidazole rings is 1. The Labute approximate surface area is 208 Å². The van der Waals surface area contributed by atoms with Crippen LogP contribution in [-0.2, 0) is 14.3 Å². The van der Waals surface area contributed by atoms with Gasteiger partial charge in [-0.15, -0.1) is 0 Å². The smallest absolute Gasteiger partial charge is 0.314 e. The van der Waals surface area contributed by atoms with Crippen LogP contribution in [0, 0.1) is 22.9 Å². The average molecular weight is 511 g/mol. The number of nitrogens with zero attached hydrogens (tertiary/aromatic N) is 3. The van der Waals surface area contributed by atoms with E-state index in [1.165, 1.54) is 31.3 Å². The van der Waals surface area contributed by atoms with E-state index in [1.807, 2.05) is 0 Å². The molecule has 2 aromatic carbocycles. The maximum atomic E-state index is 13.6. The van der Waals surface area contributed by atoms with Gasteiger partial charge in [-0.2, -0.15) is 0 Å². The number of benzene rings is 2. The van der Waals surface area contributed by atoms with Gasteiger partial charge in [0.15, 0.2) is 17.5 Å². The van der Waals surface area contributed by atoms with Gasteiger partial charge in [0.25, 0.3) is 0 Å². The molecule has 0 radical (unpaired) electrons. The number of H-pyrrole nitrogens is 1. The molecule has 5 rings (SSSR count). The van der Waals surface area contributed by atoms with Crippen LogP contribution in [0.3, 0.4) is 0 Å². The van der Waals surface area contributed by atoms with E-state index in [-0.39, 0.29) is 30.7 Å². The highest BCUT2D eigenvalue weighted by Gasteiger charge is 2.41. The third-order valence-corrected chi connectivity index (χ3v) is 5.77. The summed E-state index contributed by atoms with van der Waals surface area (Å²) >= 11 is 0. The summed E-state index contributed by atoms with van der Waals surface area (Å²) in [5.74, 6) is -3.11. The van der Waals surface area contributed by atoms with Gasteiger partial charge in [0.1, 0.15) is 11.2 Å². The number of hydrogen-bond donors (Lipinski definition) is 3. The Kier molecular flexibility index (Phi) is 6.36. The van der Waals surface area contributed by atoms with Crippen molar-refractivity contribution in [3.63, 3.8) is 0 Å². The molecule has 1 saturated heterocycles. The molecule has 37 heavy (non-hydrogen) atoms. The SMILES string of the molecule is CC1(C(=O)O)COC(c2nc(-c3ccc(F)cc3)c(-c3ccnc(Nc4ccc(F)c(F)c4)n3)[nH]2)OC1. The van der Waals surface area contributed by atoms with Gasteiger partial charge in [-0.25, -0.2) is 28.1 Å². The van der Waals surface area contributed by atoms with Gasteiger partial charge in [-0.3, -0.25) is 4.79 Å². The third-order valence-electron chi connectivity index (χ3n) is 5.77.